The van der Waals surface area contributed by atoms with Crippen molar-refractivity contribution in [2.45, 2.75) is 19.4 Å². The lowest BCUT2D eigenvalue weighted by Crippen LogP contribution is -2.46. The van der Waals surface area contributed by atoms with Gasteiger partial charge >= 0.3 is 5.97 Å². The van der Waals surface area contributed by atoms with Crippen molar-refractivity contribution in [3.05, 3.63) is 92.4 Å². The number of hydrogen-bond acceptors (Lipinski definition) is 5. The van der Waals surface area contributed by atoms with Crippen LogP contribution in [0.15, 0.2) is 71.2 Å². The minimum Gasteiger partial charge on any atom is -0.464 e. The van der Waals surface area contributed by atoms with Gasteiger partial charge in [0.05, 0.1) is 27.9 Å². The third-order valence-electron chi connectivity index (χ3n) is 6.26. The number of piperazine rings is 1. The largest absolute Gasteiger partial charge is 0.464 e. The molecule has 6 nitrogen and oxygen atoms in total. The number of esters is 1. The zero-order valence-corrected chi connectivity index (χ0v) is 23.5. The Kier molecular flexibility index (Phi) is 9.35. The van der Waals surface area contributed by atoms with Crippen LogP contribution in [0.3, 0.4) is 0 Å². The predicted octanol–water partition coefficient (Wildman–Crippen LogP) is 5.99. The fraction of sp³-hybridized carbons (Fsp3) is 0.286. The summed E-state index contributed by atoms with van der Waals surface area (Å²) in [4.78, 5) is 30.4. The average molecular weight is 605 g/mol. The van der Waals surface area contributed by atoms with Crippen molar-refractivity contribution in [3.63, 3.8) is 0 Å². The van der Waals surface area contributed by atoms with E-state index in [4.69, 9.17) is 27.9 Å². The summed E-state index contributed by atoms with van der Waals surface area (Å²) in [6.07, 6.45) is 0.257. The molecule has 1 heterocycles. The fourth-order valence-corrected chi connectivity index (χ4v) is 5.64. The van der Waals surface area contributed by atoms with Crippen molar-refractivity contribution < 1.29 is 14.3 Å². The van der Waals surface area contributed by atoms with Gasteiger partial charge in [0.1, 0.15) is 6.04 Å². The molecule has 3 aromatic rings. The van der Waals surface area contributed by atoms with Crippen LogP contribution in [0.5, 0.6) is 0 Å². The second kappa shape index (κ2) is 12.7. The molecule has 0 aliphatic carbocycles. The molecule has 1 amide bonds. The van der Waals surface area contributed by atoms with Crippen molar-refractivity contribution >= 4 is 62.4 Å². The summed E-state index contributed by atoms with van der Waals surface area (Å²) in [7, 11) is 0. The maximum atomic E-state index is 12.9. The third kappa shape index (κ3) is 6.78. The number of nitrogens with zero attached hydrogens (tertiary/aromatic N) is 2. The molecule has 0 aromatic heterocycles. The highest BCUT2D eigenvalue weighted by Crippen LogP contribution is 2.30. The summed E-state index contributed by atoms with van der Waals surface area (Å²) in [5.41, 5.74) is 3.34. The molecule has 1 aliphatic rings. The molecule has 194 valence electrons. The Morgan fingerprint density at radius 1 is 0.946 bits per heavy atom. The van der Waals surface area contributed by atoms with Crippen LogP contribution in [0.4, 0.5) is 11.4 Å². The van der Waals surface area contributed by atoms with Crippen LogP contribution < -0.4 is 15.1 Å². The van der Waals surface area contributed by atoms with E-state index < -0.39 is 17.9 Å². The van der Waals surface area contributed by atoms with Crippen molar-refractivity contribution in [1.29, 1.82) is 0 Å². The molecule has 0 saturated carbocycles. The normalized spacial score (nSPS) is 14.3. The van der Waals surface area contributed by atoms with Crippen LogP contribution in [-0.2, 0) is 16.0 Å². The molecule has 0 radical (unpaired) electrons. The van der Waals surface area contributed by atoms with Gasteiger partial charge in [0.15, 0.2) is 0 Å². The van der Waals surface area contributed by atoms with Crippen molar-refractivity contribution in [3.8, 4) is 0 Å². The lowest BCUT2D eigenvalue weighted by atomic mass is 10.0. The maximum Gasteiger partial charge on any atom is 0.328 e. The lowest BCUT2D eigenvalue weighted by molar-refractivity contribution is -0.145. The van der Waals surface area contributed by atoms with Crippen LogP contribution in [0.25, 0.3) is 0 Å². The quantitative estimate of drug-likeness (QED) is 0.320. The topological polar surface area (TPSA) is 61.9 Å². The summed E-state index contributed by atoms with van der Waals surface area (Å²) in [6.45, 7) is 5.58. The van der Waals surface area contributed by atoms with E-state index in [1.807, 2.05) is 24.3 Å². The van der Waals surface area contributed by atoms with Gasteiger partial charge in [-0.1, -0.05) is 53.5 Å². The van der Waals surface area contributed by atoms with Crippen LogP contribution in [0, 0.1) is 0 Å². The first-order chi connectivity index (χ1) is 17.9. The highest BCUT2D eigenvalue weighted by molar-refractivity contribution is 9.10. The van der Waals surface area contributed by atoms with Gasteiger partial charge in [-0.05, 0) is 64.8 Å². The summed E-state index contributed by atoms with van der Waals surface area (Å²) < 4.78 is 6.16. The molecule has 0 spiro atoms. The molecule has 1 atom stereocenters. The number of carbonyl (C=O) groups excluding carboxylic acids is 2. The van der Waals surface area contributed by atoms with Gasteiger partial charge < -0.3 is 19.9 Å². The van der Waals surface area contributed by atoms with E-state index in [0.717, 1.165) is 41.9 Å². The molecular formula is C28H28BrCl2N3O3. The van der Waals surface area contributed by atoms with Gasteiger partial charge in [0.2, 0.25) is 0 Å². The summed E-state index contributed by atoms with van der Waals surface area (Å²) in [5, 5.41) is 3.18. The van der Waals surface area contributed by atoms with Gasteiger partial charge in [0.25, 0.3) is 5.91 Å². The molecule has 0 unspecified atom stereocenters. The van der Waals surface area contributed by atoms with Crippen LogP contribution in [-0.4, -0.2) is 50.7 Å². The van der Waals surface area contributed by atoms with Gasteiger partial charge in [-0.15, -0.1) is 0 Å². The fourth-order valence-electron chi connectivity index (χ4n) is 4.40. The number of anilines is 2. The second-order valence-corrected chi connectivity index (χ2v) is 10.3. The van der Waals surface area contributed by atoms with E-state index >= 15 is 0 Å². The first-order valence-corrected chi connectivity index (χ1v) is 13.7. The van der Waals surface area contributed by atoms with Crippen LogP contribution in [0.1, 0.15) is 22.8 Å². The number of ether oxygens (including phenoxy) is 1. The van der Waals surface area contributed by atoms with Crippen LogP contribution >= 0.6 is 39.1 Å². The monoisotopic (exact) mass is 603 g/mol. The zero-order valence-electron chi connectivity index (χ0n) is 20.4. The molecular weight excluding hydrogens is 577 g/mol. The van der Waals surface area contributed by atoms with Crippen molar-refractivity contribution in [2.75, 3.05) is 42.6 Å². The summed E-state index contributed by atoms with van der Waals surface area (Å²) in [6, 6.07) is 20.4. The molecule has 3 aromatic carbocycles. The molecule has 1 saturated heterocycles. The predicted molar refractivity (Wildman–Crippen MR) is 153 cm³/mol. The summed E-state index contributed by atoms with van der Waals surface area (Å²) >= 11 is 16.1. The minimum atomic E-state index is -0.896. The van der Waals surface area contributed by atoms with Crippen molar-refractivity contribution in [1.82, 2.24) is 5.32 Å². The Hall–Kier alpha value is -2.74. The highest BCUT2D eigenvalue weighted by Gasteiger charge is 2.26. The maximum absolute atomic E-state index is 12.9. The molecule has 1 fully saturated rings. The Balaban J connectivity index is 1.45. The van der Waals surface area contributed by atoms with E-state index in [2.05, 4.69) is 55.3 Å². The smallest absolute Gasteiger partial charge is 0.328 e. The van der Waals surface area contributed by atoms with E-state index in [1.54, 1.807) is 25.1 Å². The first kappa shape index (κ1) is 27.3. The Morgan fingerprint density at radius 3 is 2.22 bits per heavy atom. The number of para-hydroxylation sites is 1. The minimum absolute atomic E-state index is 0.131. The van der Waals surface area contributed by atoms with E-state index in [9.17, 15) is 9.59 Å². The molecule has 1 N–H and O–H groups in total. The molecule has 9 heteroatoms. The summed E-state index contributed by atoms with van der Waals surface area (Å²) in [5.74, 6) is -1.04. The standard InChI is InChI=1S/C28H28BrCl2N3O3/c1-2-37-28(36)24(32-27(35)26-22(30)9-6-10-23(26)31)18-19-11-12-25(21(29)17-19)34-15-13-33(14-16-34)20-7-4-3-5-8-20/h3-12,17,24H,2,13-16,18H2,1H3,(H,32,35)/t24-/m0/s1. The number of halogens is 3. The average Bonchev–Trinajstić information content (AvgIpc) is 2.89. The first-order valence-electron chi connectivity index (χ1n) is 12.1. The number of benzene rings is 3. The van der Waals surface area contributed by atoms with Gasteiger partial charge in [-0.3, -0.25) is 4.79 Å². The van der Waals surface area contributed by atoms with E-state index in [-0.39, 0.29) is 28.6 Å². The zero-order chi connectivity index (χ0) is 26.4. The Bertz CT molecular complexity index is 1230. The molecule has 37 heavy (non-hydrogen) atoms. The van der Waals surface area contributed by atoms with E-state index in [1.165, 1.54) is 5.69 Å². The van der Waals surface area contributed by atoms with Crippen LogP contribution in [0.2, 0.25) is 10.0 Å². The third-order valence-corrected chi connectivity index (χ3v) is 7.52. The number of rotatable bonds is 8. The SMILES string of the molecule is CCOC(=O)[C@H](Cc1ccc(N2CCN(c3ccccc3)CC2)c(Br)c1)NC(=O)c1c(Cl)cccc1Cl. The van der Waals surface area contributed by atoms with E-state index in [0.29, 0.717) is 0 Å². The van der Waals surface area contributed by atoms with Gasteiger partial charge in [0, 0.05) is 42.8 Å². The number of nitrogens with one attached hydrogen (secondary N) is 1. The number of hydrogen-bond donors (Lipinski definition) is 1. The molecule has 1 aliphatic heterocycles. The Morgan fingerprint density at radius 2 is 1.59 bits per heavy atom. The highest BCUT2D eigenvalue weighted by atomic mass is 79.9. The number of amides is 1. The Labute approximate surface area is 235 Å². The van der Waals surface area contributed by atoms with Crippen molar-refractivity contribution in [2.24, 2.45) is 0 Å². The van der Waals surface area contributed by atoms with Gasteiger partial charge in [-0.25, -0.2) is 4.79 Å². The molecule has 0 bridgehead atoms. The second-order valence-electron chi connectivity index (χ2n) is 8.67. The van der Waals surface area contributed by atoms with Gasteiger partial charge in [-0.2, -0.15) is 0 Å². The lowest BCUT2D eigenvalue weighted by Gasteiger charge is -2.37. The number of carbonyl (C=O) groups is 2. The molecule has 4 rings (SSSR count).